The van der Waals surface area contributed by atoms with Crippen molar-refractivity contribution < 1.29 is 14.3 Å². The lowest BCUT2D eigenvalue weighted by Gasteiger charge is -2.25. The minimum Gasteiger partial charge on any atom is -0.443 e. The molecule has 2 amide bonds. The zero-order valence-corrected chi connectivity index (χ0v) is 15.6. The summed E-state index contributed by atoms with van der Waals surface area (Å²) in [4.78, 5) is 27.6. The molecule has 0 saturated heterocycles. The molecule has 0 fully saturated rings. The molecule has 0 radical (unpaired) electrons. The summed E-state index contributed by atoms with van der Waals surface area (Å²) in [6.45, 7) is 7.44. The molecule has 1 heterocycles. The number of carbonyl (C=O) groups is 2. The van der Waals surface area contributed by atoms with E-state index >= 15 is 0 Å². The average molecular weight is 349 g/mol. The topological polar surface area (TPSA) is 46.6 Å². The largest absolute Gasteiger partial charge is 0.443 e. The summed E-state index contributed by atoms with van der Waals surface area (Å²) in [5, 5.41) is 0. The van der Waals surface area contributed by atoms with Gasteiger partial charge in [0, 0.05) is 0 Å². The van der Waals surface area contributed by atoms with Gasteiger partial charge in [-0.15, -0.1) is 0 Å². The first-order valence-electron chi connectivity index (χ1n) is 8.97. The number of anilines is 1. The van der Waals surface area contributed by atoms with Gasteiger partial charge >= 0.3 is 6.09 Å². The Balaban J connectivity index is 1.83. The van der Waals surface area contributed by atoms with Crippen LogP contribution in [0, 0.1) is 6.92 Å². The molecule has 1 spiro atoms. The van der Waals surface area contributed by atoms with Crippen LogP contribution in [0.15, 0.2) is 42.5 Å². The van der Waals surface area contributed by atoms with E-state index in [9.17, 15) is 9.59 Å². The molecule has 2 aromatic carbocycles. The minimum atomic E-state index is -0.706. The van der Waals surface area contributed by atoms with Crippen LogP contribution in [0.1, 0.15) is 43.0 Å². The molecule has 0 atom stereocenters. The summed E-state index contributed by atoms with van der Waals surface area (Å²) in [6, 6.07) is 14.0. The fraction of sp³-hybridized carbons (Fsp3) is 0.364. The number of aryl methyl sites for hydroxylation is 1. The summed E-state index contributed by atoms with van der Waals surface area (Å²) < 4.78 is 5.53. The second kappa shape index (κ2) is 5.44. The second-order valence-corrected chi connectivity index (χ2v) is 8.35. The van der Waals surface area contributed by atoms with E-state index in [0.29, 0.717) is 18.5 Å². The van der Waals surface area contributed by atoms with Crippen molar-refractivity contribution in [3.8, 4) is 0 Å². The molecule has 2 aliphatic rings. The number of ether oxygens (including phenoxy) is 1. The van der Waals surface area contributed by atoms with Crippen LogP contribution in [0.3, 0.4) is 0 Å². The van der Waals surface area contributed by atoms with Gasteiger partial charge in [-0.3, -0.25) is 4.79 Å². The van der Waals surface area contributed by atoms with Crippen molar-refractivity contribution in [2.75, 3.05) is 4.90 Å². The molecule has 0 N–H and O–H groups in total. The van der Waals surface area contributed by atoms with Crippen molar-refractivity contribution in [1.82, 2.24) is 0 Å². The molecule has 1 aliphatic carbocycles. The molecule has 26 heavy (non-hydrogen) atoms. The molecule has 4 nitrogen and oxygen atoms in total. The minimum absolute atomic E-state index is 0.177. The second-order valence-electron chi connectivity index (χ2n) is 8.35. The smallest absolute Gasteiger partial charge is 0.421 e. The van der Waals surface area contributed by atoms with Crippen molar-refractivity contribution in [2.45, 2.75) is 51.6 Å². The Bertz CT molecular complexity index is 898. The van der Waals surface area contributed by atoms with Crippen molar-refractivity contribution in [3.63, 3.8) is 0 Å². The van der Waals surface area contributed by atoms with Crippen LogP contribution in [0.25, 0.3) is 0 Å². The zero-order chi connectivity index (χ0) is 18.7. The highest BCUT2D eigenvalue weighted by molar-refractivity contribution is 6.21. The molecule has 0 aromatic heterocycles. The Labute approximate surface area is 153 Å². The Hall–Kier alpha value is -2.62. The standard InChI is InChI=1S/C22H23NO3/c1-14-9-10-18-17(11-14)22(12-15-7-5-6-8-16(15)13-22)19(24)23(18)20(25)26-21(2,3)4/h5-11H,12-13H2,1-4H3. The van der Waals surface area contributed by atoms with Crippen LogP contribution in [0.4, 0.5) is 10.5 Å². The van der Waals surface area contributed by atoms with E-state index in [-0.39, 0.29) is 5.91 Å². The maximum Gasteiger partial charge on any atom is 0.421 e. The van der Waals surface area contributed by atoms with Crippen molar-refractivity contribution >= 4 is 17.7 Å². The number of hydrogen-bond acceptors (Lipinski definition) is 3. The highest BCUT2D eigenvalue weighted by Crippen LogP contribution is 2.50. The summed E-state index contributed by atoms with van der Waals surface area (Å²) >= 11 is 0. The predicted octanol–water partition coefficient (Wildman–Crippen LogP) is 4.31. The Morgan fingerprint density at radius 3 is 2.27 bits per heavy atom. The molecule has 4 heteroatoms. The summed E-state index contributed by atoms with van der Waals surface area (Å²) in [5.41, 5.74) is 3.67. The van der Waals surface area contributed by atoms with Gasteiger partial charge in [0.1, 0.15) is 5.60 Å². The van der Waals surface area contributed by atoms with E-state index in [1.54, 1.807) is 0 Å². The molecule has 134 valence electrons. The molecule has 0 bridgehead atoms. The number of nitrogens with zero attached hydrogens (tertiary/aromatic N) is 1. The molecule has 1 aliphatic heterocycles. The molecular weight excluding hydrogens is 326 g/mol. The normalized spacial score (nSPS) is 17.4. The lowest BCUT2D eigenvalue weighted by atomic mass is 9.78. The van der Waals surface area contributed by atoms with Gasteiger partial charge in [0.2, 0.25) is 5.91 Å². The summed E-state index contributed by atoms with van der Waals surface area (Å²) in [6.07, 6.45) is 0.649. The number of benzene rings is 2. The van der Waals surface area contributed by atoms with Crippen molar-refractivity contribution in [3.05, 3.63) is 64.7 Å². The van der Waals surface area contributed by atoms with Crippen LogP contribution < -0.4 is 4.90 Å². The van der Waals surface area contributed by atoms with Gasteiger partial charge in [-0.1, -0.05) is 42.0 Å². The zero-order valence-electron chi connectivity index (χ0n) is 15.6. The van der Waals surface area contributed by atoms with E-state index in [2.05, 4.69) is 12.1 Å². The van der Waals surface area contributed by atoms with Crippen LogP contribution in [0.2, 0.25) is 0 Å². The van der Waals surface area contributed by atoms with Crippen molar-refractivity contribution in [2.24, 2.45) is 0 Å². The first-order valence-corrected chi connectivity index (χ1v) is 8.97. The van der Waals surface area contributed by atoms with E-state index < -0.39 is 17.1 Å². The maximum absolute atomic E-state index is 13.5. The fourth-order valence-electron chi connectivity index (χ4n) is 4.11. The maximum atomic E-state index is 13.5. The van der Waals surface area contributed by atoms with E-state index in [4.69, 9.17) is 4.74 Å². The number of hydrogen-bond donors (Lipinski definition) is 0. The van der Waals surface area contributed by atoms with E-state index in [0.717, 1.165) is 11.1 Å². The average Bonchev–Trinajstić information content (AvgIpc) is 3.04. The Kier molecular flexibility index (Phi) is 3.52. The third kappa shape index (κ3) is 2.44. The highest BCUT2D eigenvalue weighted by Gasteiger charge is 2.56. The quantitative estimate of drug-likeness (QED) is 0.712. The van der Waals surface area contributed by atoms with Crippen LogP contribution in [-0.4, -0.2) is 17.6 Å². The van der Waals surface area contributed by atoms with E-state index in [1.165, 1.54) is 16.0 Å². The van der Waals surface area contributed by atoms with Gasteiger partial charge < -0.3 is 4.74 Å². The van der Waals surface area contributed by atoms with Gasteiger partial charge in [-0.2, -0.15) is 0 Å². The highest BCUT2D eigenvalue weighted by atomic mass is 16.6. The van der Waals surface area contributed by atoms with Crippen molar-refractivity contribution in [1.29, 1.82) is 0 Å². The number of rotatable bonds is 0. The molecule has 2 aromatic rings. The summed E-state index contributed by atoms with van der Waals surface area (Å²) in [5.74, 6) is -0.177. The molecular formula is C22H23NO3. The van der Waals surface area contributed by atoms with Gasteiger partial charge in [-0.05, 0) is 63.3 Å². The Morgan fingerprint density at radius 2 is 1.69 bits per heavy atom. The van der Waals surface area contributed by atoms with Gasteiger partial charge in [0.15, 0.2) is 0 Å². The van der Waals surface area contributed by atoms with E-state index in [1.807, 2.05) is 58.0 Å². The SMILES string of the molecule is Cc1ccc2c(c1)C1(Cc3ccccc3C1)C(=O)N2C(=O)OC(C)(C)C. The third-order valence-corrected chi connectivity index (χ3v) is 5.20. The molecule has 0 unspecified atom stereocenters. The van der Waals surface area contributed by atoms with Gasteiger partial charge in [-0.25, -0.2) is 9.69 Å². The number of imide groups is 1. The van der Waals surface area contributed by atoms with Gasteiger partial charge in [0.25, 0.3) is 0 Å². The first-order chi connectivity index (χ1) is 12.2. The molecule has 0 saturated carbocycles. The number of fused-ring (bicyclic) bond motifs is 3. The van der Waals surface area contributed by atoms with Crippen LogP contribution in [0.5, 0.6) is 0 Å². The van der Waals surface area contributed by atoms with Crippen LogP contribution >= 0.6 is 0 Å². The van der Waals surface area contributed by atoms with Gasteiger partial charge in [0.05, 0.1) is 11.1 Å². The monoisotopic (exact) mass is 349 g/mol. The number of carbonyl (C=O) groups excluding carboxylic acids is 2. The lowest BCUT2D eigenvalue weighted by Crippen LogP contribution is -2.45. The third-order valence-electron chi connectivity index (χ3n) is 5.20. The summed E-state index contributed by atoms with van der Waals surface area (Å²) in [7, 11) is 0. The number of amides is 2. The molecule has 4 rings (SSSR count). The Morgan fingerprint density at radius 1 is 1.08 bits per heavy atom. The van der Waals surface area contributed by atoms with Crippen LogP contribution in [-0.2, 0) is 27.8 Å². The first kappa shape index (κ1) is 16.8. The lowest BCUT2D eigenvalue weighted by molar-refractivity contribution is -0.122. The fourth-order valence-corrected chi connectivity index (χ4v) is 4.11. The predicted molar refractivity (Wildman–Crippen MR) is 100 cm³/mol.